The van der Waals surface area contributed by atoms with Crippen LogP contribution in [0.15, 0.2) is 34.3 Å². The van der Waals surface area contributed by atoms with Crippen molar-refractivity contribution in [3.8, 4) is 0 Å². The molecular weight excluding hydrogens is 356 g/mol. The second-order valence-electron chi connectivity index (χ2n) is 3.64. The molecular formula is C10H10BrClN4O2S. The summed E-state index contributed by atoms with van der Waals surface area (Å²) >= 11 is 8.92. The van der Waals surface area contributed by atoms with Gasteiger partial charge in [0.1, 0.15) is 5.15 Å². The van der Waals surface area contributed by atoms with E-state index in [1.54, 1.807) is 4.57 Å². The van der Waals surface area contributed by atoms with E-state index in [0.717, 1.165) is 0 Å². The first-order chi connectivity index (χ1) is 8.92. The molecule has 19 heavy (non-hydrogen) atoms. The van der Waals surface area contributed by atoms with Crippen LogP contribution in [-0.4, -0.2) is 23.0 Å². The van der Waals surface area contributed by atoms with Gasteiger partial charge < -0.3 is 4.57 Å². The number of aryl methyl sites for hydroxylation is 1. The summed E-state index contributed by atoms with van der Waals surface area (Å²) in [6.45, 7) is 2.54. The van der Waals surface area contributed by atoms with Crippen molar-refractivity contribution >= 4 is 43.2 Å². The maximum atomic E-state index is 12.1. The molecule has 0 bridgehead atoms. The fourth-order valence-electron chi connectivity index (χ4n) is 1.34. The topological polar surface area (TPSA) is 76.9 Å². The zero-order valence-electron chi connectivity index (χ0n) is 9.84. The highest BCUT2D eigenvalue weighted by Crippen LogP contribution is 2.24. The van der Waals surface area contributed by atoms with Crippen LogP contribution in [0, 0.1) is 0 Å². The average Bonchev–Trinajstić information content (AvgIpc) is 2.83. The molecule has 0 atom stereocenters. The molecule has 9 heteroatoms. The quantitative estimate of drug-likeness (QED) is 0.845. The van der Waals surface area contributed by atoms with E-state index in [9.17, 15) is 8.42 Å². The molecule has 0 aliphatic rings. The monoisotopic (exact) mass is 364 g/mol. The van der Waals surface area contributed by atoms with Gasteiger partial charge in [-0.2, -0.15) is 8.42 Å². The number of hydrogen-bond donors (Lipinski definition) is 1. The Morgan fingerprint density at radius 3 is 2.79 bits per heavy atom. The molecule has 0 fully saturated rings. The molecule has 0 aliphatic carbocycles. The standard InChI is InChI=1S/C10H10BrClN4O2S/c1-2-16-5-9(14-6-16)19(17,18)15-7-3-8(11)10(12)13-4-7/h3-6,15H,2H2,1H3. The van der Waals surface area contributed by atoms with Crippen molar-refractivity contribution in [1.29, 1.82) is 0 Å². The number of halogens is 2. The van der Waals surface area contributed by atoms with Gasteiger partial charge in [0.25, 0.3) is 10.0 Å². The number of aromatic nitrogens is 3. The predicted octanol–water partition coefficient (Wildman–Crippen LogP) is 2.51. The maximum absolute atomic E-state index is 12.1. The van der Waals surface area contributed by atoms with Crippen molar-refractivity contribution in [3.05, 3.63) is 34.4 Å². The van der Waals surface area contributed by atoms with Crippen molar-refractivity contribution in [1.82, 2.24) is 14.5 Å². The Hall–Kier alpha value is -1.12. The lowest BCUT2D eigenvalue weighted by Crippen LogP contribution is -2.13. The molecule has 2 aromatic heterocycles. The van der Waals surface area contributed by atoms with Crippen molar-refractivity contribution < 1.29 is 8.42 Å². The van der Waals surface area contributed by atoms with Gasteiger partial charge in [0.2, 0.25) is 0 Å². The van der Waals surface area contributed by atoms with Crippen LogP contribution in [0.4, 0.5) is 5.69 Å². The molecule has 0 unspecified atom stereocenters. The maximum Gasteiger partial charge on any atom is 0.280 e. The smallest absolute Gasteiger partial charge is 0.280 e. The Morgan fingerprint density at radius 2 is 2.21 bits per heavy atom. The van der Waals surface area contributed by atoms with E-state index in [4.69, 9.17) is 11.6 Å². The number of anilines is 1. The molecule has 0 amide bonds. The number of pyridine rings is 1. The van der Waals surface area contributed by atoms with E-state index < -0.39 is 10.0 Å². The minimum Gasteiger partial charge on any atom is -0.336 e. The van der Waals surface area contributed by atoms with Gasteiger partial charge in [-0.25, -0.2) is 9.97 Å². The number of sulfonamides is 1. The Morgan fingerprint density at radius 1 is 1.47 bits per heavy atom. The van der Waals surface area contributed by atoms with Gasteiger partial charge in [0.15, 0.2) is 5.03 Å². The molecule has 0 spiro atoms. The number of hydrogen-bond acceptors (Lipinski definition) is 4. The molecule has 6 nitrogen and oxygen atoms in total. The summed E-state index contributed by atoms with van der Waals surface area (Å²) in [5.74, 6) is 0. The van der Waals surface area contributed by atoms with Crippen molar-refractivity contribution in [2.45, 2.75) is 18.5 Å². The van der Waals surface area contributed by atoms with E-state index in [2.05, 4.69) is 30.6 Å². The van der Waals surface area contributed by atoms with Crippen LogP contribution in [-0.2, 0) is 16.6 Å². The van der Waals surface area contributed by atoms with Gasteiger partial charge in [-0.3, -0.25) is 4.72 Å². The summed E-state index contributed by atoms with van der Waals surface area (Å²) in [7, 11) is -3.72. The zero-order chi connectivity index (χ0) is 14.0. The minimum absolute atomic E-state index is 0.0413. The largest absolute Gasteiger partial charge is 0.336 e. The molecule has 2 heterocycles. The second-order valence-corrected chi connectivity index (χ2v) is 6.49. The Balaban J connectivity index is 2.28. The SMILES string of the molecule is CCn1cnc(S(=O)(=O)Nc2cnc(Cl)c(Br)c2)c1. The highest BCUT2D eigenvalue weighted by Gasteiger charge is 2.18. The van der Waals surface area contributed by atoms with Gasteiger partial charge in [-0.1, -0.05) is 11.6 Å². The average molecular weight is 366 g/mol. The fourth-order valence-corrected chi connectivity index (χ4v) is 2.77. The Kier molecular flexibility index (Phi) is 4.12. The molecule has 0 radical (unpaired) electrons. The summed E-state index contributed by atoms with van der Waals surface area (Å²) in [5, 5.41) is 0.221. The van der Waals surface area contributed by atoms with E-state index in [0.29, 0.717) is 16.7 Å². The van der Waals surface area contributed by atoms with Gasteiger partial charge in [-0.05, 0) is 28.9 Å². The highest BCUT2D eigenvalue weighted by molar-refractivity contribution is 9.10. The van der Waals surface area contributed by atoms with Crippen molar-refractivity contribution in [2.24, 2.45) is 0 Å². The predicted molar refractivity (Wildman–Crippen MR) is 75.7 cm³/mol. The van der Waals surface area contributed by atoms with Crippen LogP contribution < -0.4 is 4.72 Å². The number of nitrogens with one attached hydrogen (secondary N) is 1. The van der Waals surface area contributed by atoms with Crippen LogP contribution in [0.2, 0.25) is 5.15 Å². The molecule has 0 aliphatic heterocycles. The van der Waals surface area contributed by atoms with Crippen molar-refractivity contribution in [2.75, 3.05) is 4.72 Å². The molecule has 102 valence electrons. The molecule has 2 aromatic rings. The second kappa shape index (κ2) is 5.48. The third-order valence-electron chi connectivity index (χ3n) is 2.30. The molecule has 0 aromatic carbocycles. The minimum atomic E-state index is -3.72. The van der Waals surface area contributed by atoms with E-state index in [1.807, 2.05) is 6.92 Å². The molecule has 0 saturated heterocycles. The third kappa shape index (κ3) is 3.26. The lowest BCUT2D eigenvalue weighted by atomic mass is 10.4. The lowest BCUT2D eigenvalue weighted by Gasteiger charge is -2.06. The van der Waals surface area contributed by atoms with Crippen LogP contribution in [0.3, 0.4) is 0 Å². The van der Waals surface area contributed by atoms with Crippen LogP contribution in [0.5, 0.6) is 0 Å². The Bertz CT molecular complexity index is 701. The summed E-state index contributed by atoms with van der Waals surface area (Å²) in [6.07, 6.45) is 4.26. The number of nitrogens with zero attached hydrogens (tertiary/aromatic N) is 3. The zero-order valence-corrected chi connectivity index (χ0v) is 13.0. The molecule has 1 N–H and O–H groups in total. The number of rotatable bonds is 4. The summed E-state index contributed by atoms with van der Waals surface area (Å²) in [4.78, 5) is 7.69. The van der Waals surface area contributed by atoms with Crippen LogP contribution in [0.1, 0.15) is 6.92 Å². The Labute approximate surface area is 124 Å². The summed E-state index contributed by atoms with van der Waals surface area (Å²) < 4.78 is 28.7. The van der Waals surface area contributed by atoms with E-state index in [-0.39, 0.29) is 10.2 Å². The molecule has 2 rings (SSSR count). The first-order valence-corrected chi connectivity index (χ1v) is 7.93. The van der Waals surface area contributed by atoms with Crippen LogP contribution >= 0.6 is 27.5 Å². The van der Waals surface area contributed by atoms with Gasteiger partial charge in [0, 0.05) is 12.7 Å². The fraction of sp³-hybridized carbons (Fsp3) is 0.200. The normalized spacial score (nSPS) is 11.5. The first kappa shape index (κ1) is 14.3. The van der Waals surface area contributed by atoms with E-state index in [1.165, 1.54) is 24.8 Å². The summed E-state index contributed by atoms with van der Waals surface area (Å²) in [5.41, 5.74) is 0.308. The lowest BCUT2D eigenvalue weighted by molar-refractivity contribution is 0.598. The van der Waals surface area contributed by atoms with Crippen LogP contribution in [0.25, 0.3) is 0 Å². The van der Waals surface area contributed by atoms with E-state index >= 15 is 0 Å². The number of imidazole rings is 1. The summed E-state index contributed by atoms with van der Waals surface area (Å²) in [6, 6.07) is 1.53. The van der Waals surface area contributed by atoms with Crippen molar-refractivity contribution in [3.63, 3.8) is 0 Å². The third-order valence-corrected chi connectivity index (χ3v) is 4.70. The van der Waals surface area contributed by atoms with Gasteiger partial charge in [-0.15, -0.1) is 0 Å². The van der Waals surface area contributed by atoms with Gasteiger partial charge in [0.05, 0.1) is 22.7 Å². The highest BCUT2D eigenvalue weighted by atomic mass is 79.9. The first-order valence-electron chi connectivity index (χ1n) is 5.28. The molecule has 0 saturated carbocycles. The van der Waals surface area contributed by atoms with Gasteiger partial charge >= 0.3 is 0 Å².